The standard InChI is InChI=1S/C6H6ClN2O3S/c7-13(10,11)5-4-8-9-2-1-3-12-6(5)9/h1,4H,2-3H2. The van der Waals surface area contributed by atoms with E-state index in [1.165, 1.54) is 10.9 Å². The molecule has 1 aliphatic heterocycles. The van der Waals surface area contributed by atoms with Crippen molar-refractivity contribution in [3.05, 3.63) is 12.6 Å². The van der Waals surface area contributed by atoms with Crippen LogP contribution in [0.1, 0.15) is 0 Å². The Labute approximate surface area is 79.7 Å². The number of halogens is 1. The molecule has 0 N–H and O–H groups in total. The van der Waals surface area contributed by atoms with E-state index in [-0.39, 0.29) is 10.8 Å². The molecular weight excluding hydrogens is 216 g/mol. The number of aromatic nitrogens is 2. The fourth-order valence-corrected chi connectivity index (χ4v) is 1.98. The van der Waals surface area contributed by atoms with E-state index in [4.69, 9.17) is 15.4 Å². The summed E-state index contributed by atoms with van der Waals surface area (Å²) in [5.74, 6) is 0.220. The summed E-state index contributed by atoms with van der Waals surface area (Å²) in [7, 11) is 1.41. The van der Waals surface area contributed by atoms with Crippen molar-refractivity contribution in [2.75, 3.05) is 6.61 Å². The molecule has 2 heterocycles. The van der Waals surface area contributed by atoms with Crippen LogP contribution in [-0.2, 0) is 15.6 Å². The number of nitrogens with zero attached hydrogens (tertiary/aromatic N) is 2. The zero-order chi connectivity index (χ0) is 9.47. The smallest absolute Gasteiger partial charge is 0.268 e. The normalized spacial score (nSPS) is 16.4. The number of ether oxygens (including phenoxy) is 1. The van der Waals surface area contributed by atoms with E-state index in [0.717, 1.165) is 0 Å². The molecule has 1 aromatic rings. The van der Waals surface area contributed by atoms with Gasteiger partial charge in [0.25, 0.3) is 9.05 Å². The molecule has 0 saturated carbocycles. The first-order valence-corrected chi connectivity index (χ1v) is 5.85. The first kappa shape index (κ1) is 8.83. The highest BCUT2D eigenvalue weighted by Gasteiger charge is 2.24. The third-order valence-corrected chi connectivity index (χ3v) is 2.97. The lowest BCUT2D eigenvalue weighted by molar-refractivity contribution is 0.268. The molecule has 0 aliphatic carbocycles. The largest absolute Gasteiger partial charge is 0.476 e. The van der Waals surface area contributed by atoms with Crippen LogP contribution in [0, 0.1) is 6.42 Å². The van der Waals surface area contributed by atoms with E-state index >= 15 is 0 Å². The van der Waals surface area contributed by atoms with Gasteiger partial charge in [0.1, 0.15) is 0 Å². The Balaban J connectivity index is 2.55. The Morgan fingerprint density at radius 1 is 1.62 bits per heavy atom. The summed E-state index contributed by atoms with van der Waals surface area (Å²) >= 11 is 0. The van der Waals surface area contributed by atoms with E-state index < -0.39 is 9.05 Å². The molecular formula is C6H6ClN2O3S. The molecule has 13 heavy (non-hydrogen) atoms. The minimum absolute atomic E-state index is 0.0673. The second-order valence-corrected chi connectivity index (χ2v) is 5.07. The van der Waals surface area contributed by atoms with Crippen molar-refractivity contribution in [3.8, 4) is 5.88 Å². The average Bonchev–Trinajstić information content (AvgIpc) is 2.45. The number of fused-ring (bicyclic) bond motifs is 1. The fourth-order valence-electron chi connectivity index (χ4n) is 1.11. The summed E-state index contributed by atoms with van der Waals surface area (Å²) in [5, 5.41) is 3.82. The molecule has 7 heteroatoms. The van der Waals surface area contributed by atoms with Crippen LogP contribution in [0.4, 0.5) is 0 Å². The van der Waals surface area contributed by atoms with Crippen LogP contribution in [-0.4, -0.2) is 24.8 Å². The molecule has 0 unspecified atom stereocenters. The summed E-state index contributed by atoms with van der Waals surface area (Å²) in [6.45, 7) is 0.923. The van der Waals surface area contributed by atoms with Crippen LogP contribution in [0.25, 0.3) is 0 Å². The monoisotopic (exact) mass is 221 g/mol. The van der Waals surface area contributed by atoms with Crippen LogP contribution >= 0.6 is 10.7 Å². The predicted octanol–water partition coefficient (Wildman–Crippen LogP) is 0.407. The van der Waals surface area contributed by atoms with Crippen LogP contribution in [0.15, 0.2) is 11.1 Å². The van der Waals surface area contributed by atoms with Gasteiger partial charge in [-0.15, -0.1) is 0 Å². The maximum absolute atomic E-state index is 11.0. The molecule has 0 saturated heterocycles. The lowest BCUT2D eigenvalue weighted by atomic mass is 10.4. The Morgan fingerprint density at radius 3 is 3.08 bits per heavy atom. The SMILES string of the molecule is O=S(=O)(Cl)c1cnn2c1OC[CH]C2. The van der Waals surface area contributed by atoms with Gasteiger partial charge >= 0.3 is 0 Å². The van der Waals surface area contributed by atoms with Crippen LogP contribution in [0.3, 0.4) is 0 Å². The lowest BCUT2D eigenvalue weighted by Gasteiger charge is -2.14. The van der Waals surface area contributed by atoms with Crippen LogP contribution < -0.4 is 4.74 Å². The van der Waals surface area contributed by atoms with Crippen molar-refractivity contribution in [1.82, 2.24) is 9.78 Å². The highest BCUT2D eigenvalue weighted by atomic mass is 35.7. The van der Waals surface area contributed by atoms with Crippen LogP contribution in [0.5, 0.6) is 5.88 Å². The minimum Gasteiger partial charge on any atom is -0.476 e. The first-order valence-electron chi connectivity index (χ1n) is 3.54. The number of hydrogen-bond donors (Lipinski definition) is 0. The van der Waals surface area contributed by atoms with Crippen molar-refractivity contribution in [2.24, 2.45) is 0 Å². The second kappa shape index (κ2) is 2.88. The van der Waals surface area contributed by atoms with E-state index in [2.05, 4.69) is 5.10 Å². The molecule has 1 radical (unpaired) electrons. The molecule has 5 nitrogen and oxygen atoms in total. The van der Waals surface area contributed by atoms with Gasteiger partial charge in [-0.3, -0.25) is 0 Å². The highest BCUT2D eigenvalue weighted by molar-refractivity contribution is 8.13. The minimum atomic E-state index is -3.75. The van der Waals surface area contributed by atoms with Gasteiger partial charge in [0, 0.05) is 17.1 Å². The van der Waals surface area contributed by atoms with Crippen molar-refractivity contribution in [2.45, 2.75) is 11.4 Å². The van der Waals surface area contributed by atoms with Crippen molar-refractivity contribution < 1.29 is 13.2 Å². The molecule has 1 aliphatic rings. The molecule has 1 aromatic heterocycles. The Kier molecular flexibility index (Phi) is 1.96. The van der Waals surface area contributed by atoms with Gasteiger partial charge in [0.15, 0.2) is 4.90 Å². The second-order valence-electron chi connectivity index (χ2n) is 2.53. The zero-order valence-electron chi connectivity index (χ0n) is 6.47. The maximum atomic E-state index is 11.0. The van der Waals surface area contributed by atoms with E-state index in [1.54, 1.807) is 0 Å². The summed E-state index contributed by atoms with van der Waals surface area (Å²) in [6, 6.07) is 0. The van der Waals surface area contributed by atoms with Gasteiger partial charge in [-0.1, -0.05) is 0 Å². The Morgan fingerprint density at radius 2 is 2.38 bits per heavy atom. The van der Waals surface area contributed by atoms with Gasteiger partial charge < -0.3 is 4.74 Å². The summed E-state index contributed by atoms with van der Waals surface area (Å²) in [5.41, 5.74) is 0. The van der Waals surface area contributed by atoms with Crippen molar-refractivity contribution in [1.29, 1.82) is 0 Å². The summed E-state index contributed by atoms with van der Waals surface area (Å²) < 4.78 is 28.5. The van der Waals surface area contributed by atoms with E-state index in [9.17, 15) is 8.42 Å². The maximum Gasteiger partial charge on any atom is 0.268 e. The quantitative estimate of drug-likeness (QED) is 0.645. The Hall–Kier alpha value is -0.750. The topological polar surface area (TPSA) is 61.2 Å². The van der Waals surface area contributed by atoms with E-state index in [0.29, 0.717) is 13.2 Å². The zero-order valence-corrected chi connectivity index (χ0v) is 8.05. The molecule has 2 rings (SSSR count). The molecule has 0 aromatic carbocycles. The molecule has 0 amide bonds. The van der Waals surface area contributed by atoms with Crippen molar-refractivity contribution in [3.63, 3.8) is 0 Å². The molecule has 0 fully saturated rings. The number of hydrogen-bond acceptors (Lipinski definition) is 4. The first-order chi connectivity index (χ1) is 6.09. The van der Waals surface area contributed by atoms with Gasteiger partial charge in [0.05, 0.1) is 19.3 Å². The van der Waals surface area contributed by atoms with Gasteiger partial charge in [-0.25, -0.2) is 13.1 Å². The molecule has 0 atom stereocenters. The van der Waals surface area contributed by atoms with Gasteiger partial charge in [-0.2, -0.15) is 5.10 Å². The van der Waals surface area contributed by atoms with Crippen molar-refractivity contribution >= 4 is 19.7 Å². The molecule has 71 valence electrons. The van der Waals surface area contributed by atoms with Gasteiger partial charge in [0.2, 0.25) is 5.88 Å². The lowest BCUT2D eigenvalue weighted by Crippen LogP contribution is -2.16. The fraction of sp³-hybridized carbons (Fsp3) is 0.333. The van der Waals surface area contributed by atoms with Crippen LogP contribution in [0.2, 0.25) is 0 Å². The Bertz CT molecular complexity index is 425. The third-order valence-electron chi connectivity index (χ3n) is 1.66. The van der Waals surface area contributed by atoms with Gasteiger partial charge in [-0.05, 0) is 0 Å². The number of rotatable bonds is 1. The average molecular weight is 222 g/mol. The predicted molar refractivity (Wildman–Crippen MR) is 45.1 cm³/mol. The summed E-state index contributed by atoms with van der Waals surface area (Å²) in [6.07, 6.45) is 3.03. The van der Waals surface area contributed by atoms with E-state index in [1.807, 2.05) is 6.42 Å². The molecule has 0 spiro atoms. The summed E-state index contributed by atoms with van der Waals surface area (Å²) in [4.78, 5) is -0.0673. The highest BCUT2D eigenvalue weighted by Crippen LogP contribution is 2.28. The molecule has 0 bridgehead atoms. The third kappa shape index (κ3) is 1.51.